The van der Waals surface area contributed by atoms with E-state index in [9.17, 15) is 14.7 Å². The Balaban J connectivity index is 1.67. The topological polar surface area (TPSA) is 66.8 Å². The quantitative estimate of drug-likeness (QED) is 0.288. The van der Waals surface area contributed by atoms with Crippen LogP contribution in [0.3, 0.4) is 0 Å². The Hall–Kier alpha value is -3.86. The van der Waals surface area contributed by atoms with Crippen LogP contribution in [-0.2, 0) is 22.4 Å². The van der Waals surface area contributed by atoms with E-state index in [4.69, 9.17) is 4.74 Å². The second kappa shape index (κ2) is 9.41. The van der Waals surface area contributed by atoms with Crippen LogP contribution in [0.4, 0.5) is 5.69 Å². The maximum atomic E-state index is 13.4. The SMILES string of the molecule is CCOc1ccc(C2/C(=C(/O)c3ccc4c(c3)CCCC4)C(=O)C(=O)N2c2cccc(C)c2)cc1. The molecule has 35 heavy (non-hydrogen) atoms. The molecule has 0 aromatic heterocycles. The van der Waals surface area contributed by atoms with E-state index in [2.05, 4.69) is 0 Å². The molecule has 2 aliphatic rings. The number of amides is 1. The molecule has 1 aliphatic carbocycles. The zero-order valence-electron chi connectivity index (χ0n) is 20.1. The van der Waals surface area contributed by atoms with Gasteiger partial charge >= 0.3 is 0 Å². The minimum atomic E-state index is -0.747. The maximum absolute atomic E-state index is 13.4. The number of ether oxygens (including phenoxy) is 1. The van der Waals surface area contributed by atoms with Crippen LogP contribution in [0, 0.1) is 6.92 Å². The van der Waals surface area contributed by atoms with Gasteiger partial charge in [0.15, 0.2) is 0 Å². The van der Waals surface area contributed by atoms with Crippen molar-refractivity contribution in [1.29, 1.82) is 0 Å². The Labute approximate surface area is 205 Å². The summed E-state index contributed by atoms with van der Waals surface area (Å²) in [4.78, 5) is 28.2. The molecule has 1 heterocycles. The van der Waals surface area contributed by atoms with Gasteiger partial charge in [-0.1, -0.05) is 36.4 Å². The van der Waals surface area contributed by atoms with Gasteiger partial charge in [0.2, 0.25) is 0 Å². The van der Waals surface area contributed by atoms with Crippen LogP contribution in [0.5, 0.6) is 5.75 Å². The van der Waals surface area contributed by atoms with Crippen LogP contribution in [0.25, 0.3) is 5.76 Å². The minimum Gasteiger partial charge on any atom is -0.507 e. The van der Waals surface area contributed by atoms with E-state index in [1.807, 2.05) is 80.6 Å². The van der Waals surface area contributed by atoms with E-state index in [0.29, 0.717) is 23.6 Å². The zero-order valence-corrected chi connectivity index (χ0v) is 20.1. The molecule has 3 aromatic carbocycles. The second-order valence-electron chi connectivity index (χ2n) is 9.20. The van der Waals surface area contributed by atoms with Gasteiger partial charge in [0.05, 0.1) is 18.2 Å². The molecule has 0 saturated carbocycles. The van der Waals surface area contributed by atoms with Gasteiger partial charge in [-0.25, -0.2) is 0 Å². The zero-order chi connectivity index (χ0) is 24.5. The van der Waals surface area contributed by atoms with Crippen molar-refractivity contribution in [3.8, 4) is 5.75 Å². The van der Waals surface area contributed by atoms with Gasteiger partial charge < -0.3 is 9.84 Å². The number of anilines is 1. The van der Waals surface area contributed by atoms with Crippen LogP contribution in [-0.4, -0.2) is 23.4 Å². The van der Waals surface area contributed by atoms with Crippen LogP contribution in [0.15, 0.2) is 72.3 Å². The number of carbonyl (C=O) groups is 2. The van der Waals surface area contributed by atoms with Crippen molar-refractivity contribution >= 4 is 23.1 Å². The molecule has 1 atom stereocenters. The first-order valence-corrected chi connectivity index (χ1v) is 12.2. The number of rotatable bonds is 5. The van der Waals surface area contributed by atoms with E-state index in [-0.39, 0.29) is 11.3 Å². The third-order valence-corrected chi connectivity index (χ3v) is 6.85. The summed E-state index contributed by atoms with van der Waals surface area (Å²) in [5, 5.41) is 11.5. The Morgan fingerprint density at radius 1 is 0.971 bits per heavy atom. The van der Waals surface area contributed by atoms with Gasteiger partial charge in [0.25, 0.3) is 11.7 Å². The number of hydrogen-bond donors (Lipinski definition) is 1. The first kappa shape index (κ1) is 22.9. The van der Waals surface area contributed by atoms with Crippen molar-refractivity contribution < 1.29 is 19.4 Å². The smallest absolute Gasteiger partial charge is 0.300 e. The van der Waals surface area contributed by atoms with E-state index < -0.39 is 17.7 Å². The average Bonchev–Trinajstić information content (AvgIpc) is 3.14. The molecule has 0 radical (unpaired) electrons. The fourth-order valence-electron chi connectivity index (χ4n) is 5.14. The summed E-state index contributed by atoms with van der Waals surface area (Å²) in [6, 6.07) is 20.0. The Morgan fingerprint density at radius 3 is 2.43 bits per heavy atom. The number of carbonyl (C=O) groups excluding carboxylic acids is 2. The Morgan fingerprint density at radius 2 is 1.71 bits per heavy atom. The predicted octanol–water partition coefficient (Wildman–Crippen LogP) is 5.90. The Bertz CT molecular complexity index is 1320. The predicted molar refractivity (Wildman–Crippen MR) is 137 cm³/mol. The van der Waals surface area contributed by atoms with E-state index in [1.165, 1.54) is 16.0 Å². The first-order chi connectivity index (χ1) is 17.0. The lowest BCUT2D eigenvalue weighted by Crippen LogP contribution is -2.29. The van der Waals surface area contributed by atoms with E-state index >= 15 is 0 Å². The lowest BCUT2D eigenvalue weighted by molar-refractivity contribution is -0.132. The van der Waals surface area contributed by atoms with Crippen molar-refractivity contribution in [2.75, 3.05) is 11.5 Å². The molecule has 178 valence electrons. The number of aryl methyl sites for hydroxylation is 3. The molecule has 1 aliphatic heterocycles. The molecule has 0 spiro atoms. The largest absolute Gasteiger partial charge is 0.507 e. The van der Waals surface area contributed by atoms with E-state index in [1.54, 1.807) is 0 Å². The number of aliphatic hydroxyl groups is 1. The summed E-state index contributed by atoms with van der Waals surface area (Å²) in [5.41, 5.74) is 5.50. The third-order valence-electron chi connectivity index (χ3n) is 6.85. The molecule has 5 nitrogen and oxygen atoms in total. The minimum absolute atomic E-state index is 0.108. The van der Waals surface area contributed by atoms with Crippen molar-refractivity contribution in [2.45, 2.75) is 45.6 Å². The number of Topliss-reactive ketones (excluding diaryl/α,β-unsaturated/α-hetero) is 1. The van der Waals surface area contributed by atoms with Gasteiger partial charge in [0.1, 0.15) is 11.5 Å². The summed E-state index contributed by atoms with van der Waals surface area (Å²) in [7, 11) is 0. The summed E-state index contributed by atoms with van der Waals surface area (Å²) in [5.74, 6) is -0.751. The molecular formula is C30H29NO4. The molecule has 1 fully saturated rings. The van der Waals surface area contributed by atoms with Crippen LogP contribution in [0.2, 0.25) is 0 Å². The maximum Gasteiger partial charge on any atom is 0.300 e. The fourth-order valence-corrected chi connectivity index (χ4v) is 5.14. The van der Waals surface area contributed by atoms with Crippen molar-refractivity contribution in [3.63, 3.8) is 0 Å². The van der Waals surface area contributed by atoms with Crippen LogP contribution in [0.1, 0.15) is 53.6 Å². The molecule has 5 rings (SSSR count). The normalized spacial score (nSPS) is 19.0. The van der Waals surface area contributed by atoms with Crippen LogP contribution >= 0.6 is 0 Å². The summed E-state index contributed by atoms with van der Waals surface area (Å²) in [6.45, 7) is 4.40. The fraction of sp³-hybridized carbons (Fsp3) is 0.267. The number of fused-ring (bicyclic) bond motifs is 1. The molecule has 0 bridgehead atoms. The number of aliphatic hydroxyl groups excluding tert-OH is 1. The van der Waals surface area contributed by atoms with Gasteiger partial charge in [0, 0.05) is 11.3 Å². The number of benzene rings is 3. The lowest BCUT2D eigenvalue weighted by atomic mass is 9.88. The summed E-state index contributed by atoms with van der Waals surface area (Å²) < 4.78 is 5.58. The highest BCUT2D eigenvalue weighted by Gasteiger charge is 2.47. The lowest BCUT2D eigenvalue weighted by Gasteiger charge is -2.26. The average molecular weight is 468 g/mol. The molecule has 1 N–H and O–H groups in total. The molecule has 1 amide bonds. The standard InChI is InChI=1S/C30H29NO4/c1-3-35-25-15-13-21(14-16-25)27-26(28(32)23-12-11-20-8-4-5-9-22(20)18-23)29(33)30(34)31(27)24-10-6-7-19(2)17-24/h6-7,10-18,27,32H,3-5,8-9H2,1-2H3/b28-26-. The Kier molecular flexibility index (Phi) is 6.16. The highest BCUT2D eigenvalue weighted by atomic mass is 16.5. The van der Waals surface area contributed by atoms with Gasteiger partial charge in [-0.2, -0.15) is 0 Å². The van der Waals surface area contributed by atoms with Gasteiger partial charge in [-0.3, -0.25) is 14.5 Å². The highest BCUT2D eigenvalue weighted by Crippen LogP contribution is 2.43. The second-order valence-corrected chi connectivity index (χ2v) is 9.20. The summed E-state index contributed by atoms with van der Waals surface area (Å²) in [6.07, 6.45) is 4.26. The molecule has 1 saturated heterocycles. The van der Waals surface area contributed by atoms with Crippen molar-refractivity contribution in [2.24, 2.45) is 0 Å². The molecule has 1 unspecified atom stereocenters. The van der Waals surface area contributed by atoms with Crippen LogP contribution < -0.4 is 9.64 Å². The molecular weight excluding hydrogens is 438 g/mol. The number of ketones is 1. The van der Waals surface area contributed by atoms with Gasteiger partial charge in [-0.15, -0.1) is 0 Å². The number of nitrogens with zero attached hydrogens (tertiary/aromatic N) is 1. The van der Waals surface area contributed by atoms with Crippen molar-refractivity contribution in [3.05, 3.63) is 100 Å². The third kappa shape index (κ3) is 4.23. The van der Waals surface area contributed by atoms with Crippen molar-refractivity contribution in [1.82, 2.24) is 0 Å². The van der Waals surface area contributed by atoms with Gasteiger partial charge in [-0.05, 0) is 92.1 Å². The van der Waals surface area contributed by atoms with E-state index in [0.717, 1.165) is 36.8 Å². The first-order valence-electron chi connectivity index (χ1n) is 12.2. The highest BCUT2D eigenvalue weighted by molar-refractivity contribution is 6.51. The number of hydrogen-bond acceptors (Lipinski definition) is 4. The molecule has 3 aromatic rings. The monoisotopic (exact) mass is 467 g/mol. The summed E-state index contributed by atoms with van der Waals surface area (Å²) >= 11 is 0. The molecule has 5 heteroatoms.